The number of fused-ring (bicyclic) bond motifs is 7. The van der Waals surface area contributed by atoms with E-state index in [9.17, 15) is 13.2 Å². The summed E-state index contributed by atoms with van der Waals surface area (Å²) >= 11 is 0. The molecule has 0 saturated carbocycles. The lowest BCUT2D eigenvalue weighted by atomic mass is 9.82. The Kier molecular flexibility index (Phi) is 8.73. The Balaban J connectivity index is 1.28. The maximum atomic E-state index is 16.2. The number of hydrogen-bond donors (Lipinski definition) is 1. The summed E-state index contributed by atoms with van der Waals surface area (Å²) in [6, 6.07) is 5.40. The van der Waals surface area contributed by atoms with E-state index in [2.05, 4.69) is 20.2 Å². The molecule has 0 radical (unpaired) electrons. The lowest BCUT2D eigenvalue weighted by molar-refractivity contribution is -0.100. The number of hydrogen-bond acceptors (Lipinski definition) is 8. The standard InChI is InChI=1S/C34H43F3N6O3S/c1-22-26-8-7-9-28(30(26)35)34(36,37)23-18-24-10-11-25(19-23)42(24)12-5-3-2-4-6-13-43-32-27(31(40-22)38-21-39-32)20-29(33(43)44)41-14-16-47(45,46)17-15-41/h7-9,20-25H,2-6,10-19H2,1H3,(H,38,39,40)/t22-,23?,24?,25?/m1/s1. The number of nitrogens with zero attached hydrogens (tertiary/aromatic N) is 5. The summed E-state index contributed by atoms with van der Waals surface area (Å²) < 4.78 is 74.6. The van der Waals surface area contributed by atoms with Gasteiger partial charge in [0.2, 0.25) is 0 Å². The van der Waals surface area contributed by atoms with Crippen molar-refractivity contribution in [3.05, 3.63) is 57.9 Å². The Labute approximate surface area is 273 Å². The minimum atomic E-state index is -3.31. The van der Waals surface area contributed by atoms with E-state index in [0.29, 0.717) is 41.9 Å². The van der Waals surface area contributed by atoms with Crippen LogP contribution in [0.3, 0.4) is 0 Å². The molecular weight excluding hydrogens is 629 g/mol. The fourth-order valence-corrected chi connectivity index (χ4v) is 9.55. The van der Waals surface area contributed by atoms with E-state index in [1.54, 1.807) is 22.5 Å². The number of anilines is 2. The molecule has 2 aromatic heterocycles. The zero-order chi connectivity index (χ0) is 32.9. The Morgan fingerprint density at radius 2 is 1.62 bits per heavy atom. The van der Waals surface area contributed by atoms with E-state index in [-0.39, 0.29) is 47.8 Å². The van der Waals surface area contributed by atoms with Gasteiger partial charge >= 0.3 is 0 Å². The summed E-state index contributed by atoms with van der Waals surface area (Å²) in [4.78, 5) is 27.1. The zero-order valence-electron chi connectivity index (χ0n) is 26.8. The topological polar surface area (TPSA) is 100 Å². The average molecular weight is 673 g/mol. The number of rotatable bonds is 1. The van der Waals surface area contributed by atoms with Gasteiger partial charge in [-0.25, -0.2) is 31.6 Å². The smallest absolute Gasteiger partial charge is 0.278 e. The number of aromatic nitrogens is 3. The number of sulfone groups is 1. The number of piperidine rings is 1. The molecule has 5 aliphatic heterocycles. The number of halogens is 3. The number of nitrogens with one attached hydrogen (secondary N) is 1. The fraction of sp³-hybridized carbons (Fsp3) is 0.618. The Morgan fingerprint density at radius 3 is 2.34 bits per heavy atom. The quantitative estimate of drug-likeness (QED) is 0.355. The second-order valence-corrected chi connectivity index (χ2v) is 16.1. The molecule has 3 aromatic rings. The molecule has 7 heterocycles. The summed E-state index contributed by atoms with van der Waals surface area (Å²) in [5, 5.41) is 3.76. The van der Waals surface area contributed by atoms with Gasteiger partial charge in [0.1, 0.15) is 29.3 Å². The molecule has 254 valence electrons. The van der Waals surface area contributed by atoms with Gasteiger partial charge in [0.05, 0.1) is 28.5 Å². The SMILES string of the molecule is C[C@H]1Nc2ncnc3c2cc(N2CCS(=O)(=O)CC2)c(=O)n3CCCCCCCN2C3CCC2CC(C3)C(F)(F)c2cccc1c2F. The van der Waals surface area contributed by atoms with Crippen LogP contribution in [0.15, 0.2) is 35.4 Å². The molecule has 2 unspecified atom stereocenters. The third kappa shape index (κ3) is 6.13. The lowest BCUT2D eigenvalue weighted by Crippen LogP contribution is -2.47. The van der Waals surface area contributed by atoms with Crippen LogP contribution in [-0.2, 0) is 22.3 Å². The van der Waals surface area contributed by atoms with Crippen LogP contribution in [0, 0.1) is 11.7 Å². The van der Waals surface area contributed by atoms with Gasteiger partial charge in [-0.3, -0.25) is 14.3 Å². The largest absolute Gasteiger partial charge is 0.365 e. The first-order valence-corrected chi connectivity index (χ1v) is 18.9. The Bertz CT molecular complexity index is 1790. The van der Waals surface area contributed by atoms with Crippen LogP contribution in [0.25, 0.3) is 11.0 Å². The second-order valence-electron chi connectivity index (χ2n) is 13.8. The minimum absolute atomic E-state index is 0.0437. The van der Waals surface area contributed by atoms with Crippen LogP contribution in [-0.4, -0.2) is 71.1 Å². The minimum Gasteiger partial charge on any atom is -0.365 e. The maximum Gasteiger partial charge on any atom is 0.278 e. The monoisotopic (exact) mass is 672 g/mol. The predicted molar refractivity (Wildman–Crippen MR) is 176 cm³/mol. The molecule has 1 aromatic carbocycles. The number of benzene rings is 1. The van der Waals surface area contributed by atoms with Crippen molar-refractivity contribution in [2.24, 2.45) is 5.92 Å². The molecule has 0 aliphatic carbocycles. The van der Waals surface area contributed by atoms with Crippen molar-refractivity contribution in [2.45, 2.75) is 95.3 Å². The van der Waals surface area contributed by atoms with E-state index in [0.717, 1.165) is 51.5 Å². The number of alkyl halides is 2. The van der Waals surface area contributed by atoms with Crippen LogP contribution < -0.4 is 15.8 Å². The molecule has 0 amide bonds. The van der Waals surface area contributed by atoms with Crippen molar-refractivity contribution in [2.75, 3.05) is 41.4 Å². The van der Waals surface area contributed by atoms with Gasteiger partial charge in [0, 0.05) is 43.2 Å². The van der Waals surface area contributed by atoms with Crippen molar-refractivity contribution in [1.29, 1.82) is 0 Å². The van der Waals surface area contributed by atoms with Crippen LogP contribution >= 0.6 is 0 Å². The van der Waals surface area contributed by atoms with E-state index in [1.165, 1.54) is 24.5 Å². The first-order chi connectivity index (χ1) is 22.5. The molecule has 47 heavy (non-hydrogen) atoms. The highest BCUT2D eigenvalue weighted by atomic mass is 32.2. The molecule has 1 N–H and O–H groups in total. The molecule has 13 heteroatoms. The number of aryl methyl sites for hydroxylation is 1. The Hall–Kier alpha value is -3.19. The summed E-state index contributed by atoms with van der Waals surface area (Å²) in [6.07, 6.45) is 8.59. The van der Waals surface area contributed by atoms with Gasteiger partial charge in [-0.15, -0.1) is 0 Å². The van der Waals surface area contributed by atoms with Gasteiger partial charge in [-0.1, -0.05) is 37.5 Å². The normalized spacial score (nSPS) is 29.4. The lowest BCUT2D eigenvalue weighted by Gasteiger charge is -2.42. The Morgan fingerprint density at radius 1 is 0.936 bits per heavy atom. The van der Waals surface area contributed by atoms with Crippen LogP contribution in [0.2, 0.25) is 0 Å². The van der Waals surface area contributed by atoms with Crippen molar-refractivity contribution < 1.29 is 21.6 Å². The van der Waals surface area contributed by atoms with Crippen LogP contribution in [0.5, 0.6) is 0 Å². The first-order valence-electron chi connectivity index (χ1n) is 17.1. The van der Waals surface area contributed by atoms with Gasteiger partial charge < -0.3 is 10.2 Å². The van der Waals surface area contributed by atoms with Crippen molar-refractivity contribution in [1.82, 2.24) is 19.4 Å². The molecule has 10 bridgehead atoms. The molecule has 3 saturated heterocycles. The third-order valence-corrected chi connectivity index (χ3v) is 12.6. The van der Waals surface area contributed by atoms with Crippen LogP contribution in [0.4, 0.5) is 24.7 Å². The molecule has 8 rings (SSSR count). The van der Waals surface area contributed by atoms with E-state index in [4.69, 9.17) is 0 Å². The van der Waals surface area contributed by atoms with E-state index >= 15 is 13.2 Å². The summed E-state index contributed by atoms with van der Waals surface area (Å²) in [5.74, 6) is -4.88. The predicted octanol–water partition coefficient (Wildman–Crippen LogP) is 5.64. The van der Waals surface area contributed by atoms with Crippen molar-refractivity contribution >= 4 is 32.4 Å². The molecule has 3 atom stereocenters. The average Bonchev–Trinajstić information content (AvgIpc) is 3.26. The van der Waals surface area contributed by atoms with Gasteiger partial charge in [-0.2, -0.15) is 0 Å². The van der Waals surface area contributed by atoms with Crippen LogP contribution in [0.1, 0.15) is 81.9 Å². The highest BCUT2D eigenvalue weighted by Gasteiger charge is 2.51. The second kappa shape index (κ2) is 12.7. The van der Waals surface area contributed by atoms with Gasteiger partial charge in [-0.05, 0) is 58.1 Å². The molecule has 3 fully saturated rings. The van der Waals surface area contributed by atoms with E-state index < -0.39 is 39.1 Å². The fourth-order valence-electron chi connectivity index (χ4n) is 8.34. The van der Waals surface area contributed by atoms with E-state index in [1.807, 2.05) is 0 Å². The van der Waals surface area contributed by atoms with Gasteiger partial charge in [0.15, 0.2) is 9.84 Å². The molecule has 9 nitrogen and oxygen atoms in total. The maximum absolute atomic E-state index is 16.2. The molecule has 5 aliphatic rings. The molecule has 0 spiro atoms. The summed E-state index contributed by atoms with van der Waals surface area (Å²) in [7, 11) is -3.17. The van der Waals surface area contributed by atoms with Crippen molar-refractivity contribution in [3.8, 4) is 0 Å². The third-order valence-electron chi connectivity index (χ3n) is 11.0. The van der Waals surface area contributed by atoms with Crippen molar-refractivity contribution in [3.63, 3.8) is 0 Å². The van der Waals surface area contributed by atoms with Gasteiger partial charge in [0.25, 0.3) is 11.5 Å². The highest BCUT2D eigenvalue weighted by Crippen LogP contribution is 2.49. The first kappa shape index (κ1) is 32.4. The summed E-state index contributed by atoms with van der Waals surface area (Å²) in [5.41, 5.74) is 0.0851. The zero-order valence-corrected chi connectivity index (χ0v) is 27.6. The highest BCUT2D eigenvalue weighted by molar-refractivity contribution is 7.91. The number of pyridine rings is 1. The summed E-state index contributed by atoms with van der Waals surface area (Å²) in [6.45, 7) is 3.42. The molecular formula is C34H43F3N6O3S.